The number of benzene rings is 3. The Kier molecular flexibility index (Phi) is 7.11. The van der Waals surface area contributed by atoms with Crippen molar-refractivity contribution >= 4 is 34.2 Å². The highest BCUT2D eigenvalue weighted by molar-refractivity contribution is 6.07. The van der Waals surface area contributed by atoms with E-state index in [2.05, 4.69) is 5.32 Å². The van der Waals surface area contributed by atoms with Crippen molar-refractivity contribution in [3.8, 4) is 5.75 Å². The molecule has 1 N–H and O–H groups in total. The number of nitrogens with zero attached hydrogens (tertiary/aromatic N) is 2. The quantitative estimate of drug-likeness (QED) is 0.608. The first-order chi connectivity index (χ1) is 16.4. The lowest BCUT2D eigenvalue weighted by Crippen LogP contribution is -2.43. The van der Waals surface area contributed by atoms with Crippen molar-refractivity contribution in [1.82, 2.24) is 9.80 Å². The summed E-state index contributed by atoms with van der Waals surface area (Å²) in [5.41, 5.74) is 1.32. The molecule has 3 aromatic carbocycles. The first-order valence-corrected chi connectivity index (χ1v) is 11.4. The Morgan fingerprint density at radius 1 is 1.00 bits per heavy atom. The molecule has 7 heteroatoms. The molecule has 0 radical (unpaired) electrons. The molecule has 1 saturated heterocycles. The maximum Gasteiger partial charge on any atom is 0.259 e. The van der Waals surface area contributed by atoms with Crippen molar-refractivity contribution in [3.05, 3.63) is 72.3 Å². The molecule has 1 aliphatic heterocycles. The molecule has 176 valence electrons. The van der Waals surface area contributed by atoms with E-state index in [-0.39, 0.29) is 30.2 Å². The van der Waals surface area contributed by atoms with Gasteiger partial charge in [-0.3, -0.25) is 14.4 Å². The average molecular weight is 460 g/mol. The molecule has 3 aromatic rings. The van der Waals surface area contributed by atoms with Crippen molar-refractivity contribution in [2.24, 2.45) is 5.92 Å². The van der Waals surface area contributed by atoms with Crippen LogP contribution in [0, 0.1) is 5.92 Å². The fourth-order valence-corrected chi connectivity index (χ4v) is 4.11. The Morgan fingerprint density at radius 2 is 1.74 bits per heavy atom. The Labute approximate surface area is 199 Å². The van der Waals surface area contributed by atoms with E-state index in [1.165, 1.54) is 4.90 Å². The molecular weight excluding hydrogens is 430 g/mol. The van der Waals surface area contributed by atoms with Crippen LogP contribution < -0.4 is 10.1 Å². The highest BCUT2D eigenvalue weighted by atomic mass is 16.5. The van der Waals surface area contributed by atoms with Crippen LogP contribution in [0.5, 0.6) is 5.75 Å². The molecule has 0 aromatic heterocycles. The summed E-state index contributed by atoms with van der Waals surface area (Å²) in [6.45, 7) is 0.993. The maximum atomic E-state index is 13.3. The lowest BCUT2D eigenvalue weighted by Gasteiger charge is -2.32. The minimum atomic E-state index is -0.277. The van der Waals surface area contributed by atoms with E-state index in [9.17, 15) is 14.4 Å². The van der Waals surface area contributed by atoms with E-state index in [1.807, 2.05) is 42.5 Å². The normalized spacial score (nSPS) is 15.6. The SMILES string of the molecule is CN(C)C(=O)COc1ccc(NC(=O)[C@H]2CCCN(C(=O)c3cccc4ccccc34)C2)cc1. The van der Waals surface area contributed by atoms with Crippen LogP contribution in [0.25, 0.3) is 10.8 Å². The number of nitrogens with one attached hydrogen (secondary N) is 1. The molecule has 1 fully saturated rings. The summed E-state index contributed by atoms with van der Waals surface area (Å²) in [4.78, 5) is 41.1. The molecule has 4 rings (SSSR count). The van der Waals surface area contributed by atoms with Gasteiger partial charge >= 0.3 is 0 Å². The van der Waals surface area contributed by atoms with E-state index < -0.39 is 0 Å². The molecule has 1 heterocycles. The fraction of sp³-hybridized carbons (Fsp3) is 0.296. The summed E-state index contributed by atoms with van der Waals surface area (Å²) < 4.78 is 5.47. The third-order valence-corrected chi connectivity index (χ3v) is 6.08. The number of piperidine rings is 1. The van der Waals surface area contributed by atoms with Crippen LogP contribution >= 0.6 is 0 Å². The topological polar surface area (TPSA) is 79.0 Å². The molecule has 0 spiro atoms. The highest BCUT2D eigenvalue weighted by Gasteiger charge is 2.29. The summed E-state index contributed by atoms with van der Waals surface area (Å²) in [6, 6.07) is 20.5. The number of carbonyl (C=O) groups excluding carboxylic acids is 3. The minimum Gasteiger partial charge on any atom is -0.484 e. The zero-order chi connectivity index (χ0) is 24.1. The molecule has 34 heavy (non-hydrogen) atoms. The predicted molar refractivity (Wildman–Crippen MR) is 132 cm³/mol. The molecule has 0 saturated carbocycles. The number of amides is 3. The first-order valence-electron chi connectivity index (χ1n) is 11.4. The summed E-state index contributed by atoms with van der Waals surface area (Å²) in [5.74, 6) is 0.00580. The van der Waals surface area contributed by atoms with Crippen molar-refractivity contribution in [3.63, 3.8) is 0 Å². The Hall–Kier alpha value is -3.87. The van der Waals surface area contributed by atoms with Crippen LogP contribution in [0.1, 0.15) is 23.2 Å². The summed E-state index contributed by atoms with van der Waals surface area (Å²) >= 11 is 0. The molecular formula is C27H29N3O4. The molecule has 1 aliphatic rings. The second kappa shape index (κ2) is 10.4. The smallest absolute Gasteiger partial charge is 0.259 e. The maximum absolute atomic E-state index is 13.3. The molecule has 3 amide bonds. The molecule has 0 bridgehead atoms. The molecule has 0 aliphatic carbocycles. The van der Waals surface area contributed by atoms with Gasteiger partial charge in [0.05, 0.1) is 5.92 Å². The first kappa shape index (κ1) is 23.3. The van der Waals surface area contributed by atoms with Gasteiger partial charge in [-0.2, -0.15) is 0 Å². The number of anilines is 1. The molecule has 1 atom stereocenters. The number of likely N-dealkylation sites (tertiary alicyclic amines) is 1. The van der Waals surface area contributed by atoms with E-state index >= 15 is 0 Å². The summed E-state index contributed by atoms with van der Waals surface area (Å²) in [7, 11) is 3.35. The van der Waals surface area contributed by atoms with Gasteiger partial charge in [0, 0.05) is 38.4 Å². The van der Waals surface area contributed by atoms with Crippen molar-refractivity contribution in [2.75, 3.05) is 39.1 Å². The zero-order valence-electron chi connectivity index (χ0n) is 19.5. The van der Waals surface area contributed by atoms with Crippen molar-refractivity contribution in [1.29, 1.82) is 0 Å². The third-order valence-electron chi connectivity index (χ3n) is 6.08. The van der Waals surface area contributed by atoms with Crippen LogP contribution in [0.15, 0.2) is 66.7 Å². The zero-order valence-corrected chi connectivity index (χ0v) is 19.5. The van der Waals surface area contributed by atoms with Crippen molar-refractivity contribution in [2.45, 2.75) is 12.8 Å². The second-order valence-electron chi connectivity index (χ2n) is 8.71. The second-order valence-corrected chi connectivity index (χ2v) is 8.71. The summed E-state index contributed by atoms with van der Waals surface area (Å²) in [6.07, 6.45) is 1.51. The van der Waals surface area contributed by atoms with Gasteiger partial charge in [-0.15, -0.1) is 0 Å². The van der Waals surface area contributed by atoms with Gasteiger partial charge in [0.25, 0.3) is 11.8 Å². The minimum absolute atomic E-state index is 0.0388. The Morgan fingerprint density at radius 3 is 2.50 bits per heavy atom. The number of fused-ring (bicyclic) bond motifs is 1. The number of hydrogen-bond acceptors (Lipinski definition) is 4. The van der Waals surface area contributed by atoms with Crippen LogP contribution in [-0.4, -0.2) is 61.3 Å². The van der Waals surface area contributed by atoms with Gasteiger partial charge in [-0.1, -0.05) is 36.4 Å². The molecule has 0 unspecified atom stereocenters. The van der Waals surface area contributed by atoms with Gasteiger partial charge in [0.15, 0.2) is 6.61 Å². The number of hydrogen-bond donors (Lipinski definition) is 1. The molecule has 7 nitrogen and oxygen atoms in total. The van der Waals surface area contributed by atoms with Gasteiger partial charge in [-0.05, 0) is 53.9 Å². The Bertz CT molecular complexity index is 1180. The van der Waals surface area contributed by atoms with Crippen LogP contribution in [0.2, 0.25) is 0 Å². The van der Waals surface area contributed by atoms with Crippen LogP contribution in [0.4, 0.5) is 5.69 Å². The van der Waals surface area contributed by atoms with Gasteiger partial charge in [0.2, 0.25) is 5.91 Å². The number of rotatable bonds is 6. The lowest BCUT2D eigenvalue weighted by atomic mass is 9.95. The highest BCUT2D eigenvalue weighted by Crippen LogP contribution is 2.25. The monoisotopic (exact) mass is 459 g/mol. The van der Waals surface area contributed by atoms with Gasteiger partial charge < -0.3 is 19.9 Å². The fourth-order valence-electron chi connectivity index (χ4n) is 4.11. The van der Waals surface area contributed by atoms with E-state index in [4.69, 9.17) is 4.74 Å². The standard InChI is InChI=1S/C27H29N3O4/c1-29(2)25(31)18-34-22-14-12-21(13-15-22)28-26(32)20-9-6-16-30(17-20)27(33)24-11-5-8-19-7-3-4-10-23(19)24/h3-5,7-8,10-15,20H,6,9,16-18H2,1-2H3,(H,28,32)/t20-/m0/s1. The predicted octanol–water partition coefficient (Wildman–Crippen LogP) is 3.80. The van der Waals surface area contributed by atoms with Gasteiger partial charge in [-0.25, -0.2) is 0 Å². The lowest BCUT2D eigenvalue weighted by molar-refractivity contribution is -0.130. The van der Waals surface area contributed by atoms with Crippen LogP contribution in [-0.2, 0) is 9.59 Å². The Balaban J connectivity index is 1.37. The number of likely N-dealkylation sites (N-methyl/N-ethyl adjacent to an activating group) is 1. The van der Waals surface area contributed by atoms with Crippen molar-refractivity contribution < 1.29 is 19.1 Å². The van der Waals surface area contributed by atoms with Gasteiger partial charge in [0.1, 0.15) is 5.75 Å². The average Bonchev–Trinajstić information content (AvgIpc) is 2.87. The summed E-state index contributed by atoms with van der Waals surface area (Å²) in [5, 5.41) is 4.90. The van der Waals surface area contributed by atoms with E-state index in [0.29, 0.717) is 30.1 Å². The largest absolute Gasteiger partial charge is 0.484 e. The number of ether oxygens (including phenoxy) is 1. The van der Waals surface area contributed by atoms with E-state index in [0.717, 1.165) is 23.6 Å². The van der Waals surface area contributed by atoms with E-state index in [1.54, 1.807) is 43.3 Å². The van der Waals surface area contributed by atoms with Crippen LogP contribution in [0.3, 0.4) is 0 Å². The third kappa shape index (κ3) is 5.36. The number of carbonyl (C=O) groups is 3.